The molecule has 0 saturated heterocycles. The molecule has 4 rings (SSSR count). The summed E-state index contributed by atoms with van der Waals surface area (Å²) >= 11 is 0. The molecule has 0 bridgehead atoms. The van der Waals surface area contributed by atoms with Crippen molar-refractivity contribution in [2.75, 3.05) is 13.6 Å². The lowest BCUT2D eigenvalue weighted by Crippen LogP contribution is -2.45. The van der Waals surface area contributed by atoms with Crippen molar-refractivity contribution in [3.05, 3.63) is 66.1 Å². The van der Waals surface area contributed by atoms with Crippen LogP contribution in [0.15, 0.2) is 59.9 Å². The molecule has 6 nitrogen and oxygen atoms in total. The van der Waals surface area contributed by atoms with Gasteiger partial charge in [-0.15, -0.1) is 24.0 Å². The van der Waals surface area contributed by atoms with Crippen LogP contribution in [0, 0.1) is 0 Å². The van der Waals surface area contributed by atoms with E-state index in [1.165, 1.54) is 5.56 Å². The Balaban J connectivity index is 0.00000240. The van der Waals surface area contributed by atoms with E-state index in [4.69, 9.17) is 4.74 Å². The molecule has 2 aromatic heterocycles. The van der Waals surface area contributed by atoms with Gasteiger partial charge in [-0.05, 0) is 32.0 Å². The Morgan fingerprint density at radius 2 is 2.03 bits per heavy atom. The number of fused-ring (bicyclic) bond motifs is 2. The summed E-state index contributed by atoms with van der Waals surface area (Å²) in [4.78, 5) is 9.05. The topological polar surface area (TPSA) is 63.0 Å². The molecule has 3 aromatic rings. The molecule has 2 N–H and O–H groups in total. The predicted molar refractivity (Wildman–Crippen MR) is 127 cm³/mol. The van der Waals surface area contributed by atoms with Crippen molar-refractivity contribution in [2.24, 2.45) is 4.99 Å². The van der Waals surface area contributed by atoms with Gasteiger partial charge in [-0.25, -0.2) is 4.98 Å². The van der Waals surface area contributed by atoms with Crippen LogP contribution in [0.2, 0.25) is 0 Å². The van der Waals surface area contributed by atoms with Crippen LogP contribution in [0.5, 0.6) is 5.75 Å². The summed E-state index contributed by atoms with van der Waals surface area (Å²) < 4.78 is 8.17. The highest BCUT2D eigenvalue weighted by molar-refractivity contribution is 14.0. The van der Waals surface area contributed by atoms with Crippen molar-refractivity contribution < 1.29 is 4.74 Å². The van der Waals surface area contributed by atoms with Crippen molar-refractivity contribution >= 4 is 35.6 Å². The average Bonchev–Trinajstić information content (AvgIpc) is 3.09. The van der Waals surface area contributed by atoms with Gasteiger partial charge in [-0.3, -0.25) is 4.99 Å². The van der Waals surface area contributed by atoms with Gasteiger partial charge < -0.3 is 19.8 Å². The van der Waals surface area contributed by atoms with E-state index in [1.807, 2.05) is 40.9 Å². The van der Waals surface area contributed by atoms with Crippen molar-refractivity contribution in [1.82, 2.24) is 20.0 Å². The standard InChI is InChI=1S/C22H27N5O.HI/c1-22(2)14-18(17-8-4-5-9-19(17)28-22)26-21(23-3)24-12-11-16-15-27-13-7-6-10-20(27)25-16;/h4-10,13,15,18H,11-12,14H2,1-3H3,(H2,23,24,26);1H. The van der Waals surface area contributed by atoms with E-state index in [-0.39, 0.29) is 35.6 Å². The van der Waals surface area contributed by atoms with Crippen molar-refractivity contribution in [3.8, 4) is 5.75 Å². The maximum Gasteiger partial charge on any atom is 0.191 e. The van der Waals surface area contributed by atoms with E-state index in [0.717, 1.165) is 42.4 Å². The van der Waals surface area contributed by atoms with Crippen LogP contribution in [0.25, 0.3) is 5.65 Å². The smallest absolute Gasteiger partial charge is 0.191 e. The third-order valence-corrected chi connectivity index (χ3v) is 5.00. The zero-order valence-electron chi connectivity index (χ0n) is 17.1. The number of rotatable bonds is 4. The summed E-state index contributed by atoms with van der Waals surface area (Å²) in [5.41, 5.74) is 2.99. The molecule has 0 radical (unpaired) electrons. The van der Waals surface area contributed by atoms with Crippen LogP contribution >= 0.6 is 24.0 Å². The van der Waals surface area contributed by atoms with E-state index in [0.29, 0.717) is 0 Å². The molecule has 7 heteroatoms. The highest BCUT2D eigenvalue weighted by Gasteiger charge is 2.33. The number of aromatic nitrogens is 2. The largest absolute Gasteiger partial charge is 0.487 e. The van der Waals surface area contributed by atoms with Gasteiger partial charge in [0.25, 0.3) is 0 Å². The van der Waals surface area contributed by atoms with E-state index in [1.54, 1.807) is 7.05 Å². The number of hydrogen-bond donors (Lipinski definition) is 2. The van der Waals surface area contributed by atoms with Gasteiger partial charge in [-0.1, -0.05) is 24.3 Å². The van der Waals surface area contributed by atoms with Gasteiger partial charge in [0.15, 0.2) is 5.96 Å². The Bertz CT molecular complexity index is 965. The SMILES string of the molecule is CN=C(NCCc1cn2ccccc2n1)NC1CC(C)(C)Oc2ccccc21.I. The van der Waals surface area contributed by atoms with Gasteiger partial charge >= 0.3 is 0 Å². The molecule has 0 aliphatic carbocycles. The number of hydrogen-bond acceptors (Lipinski definition) is 3. The average molecular weight is 505 g/mol. The zero-order valence-corrected chi connectivity index (χ0v) is 19.4. The van der Waals surface area contributed by atoms with E-state index in [2.05, 4.69) is 52.8 Å². The molecule has 1 atom stereocenters. The highest BCUT2D eigenvalue weighted by Crippen LogP contribution is 2.39. The van der Waals surface area contributed by atoms with Gasteiger partial charge in [-0.2, -0.15) is 0 Å². The fourth-order valence-corrected chi connectivity index (χ4v) is 3.71. The zero-order chi connectivity index (χ0) is 19.6. The molecule has 0 amide bonds. The number of nitrogens with zero attached hydrogens (tertiary/aromatic N) is 3. The molecule has 1 unspecified atom stereocenters. The maximum absolute atomic E-state index is 6.12. The molecule has 1 aliphatic rings. The maximum atomic E-state index is 6.12. The molecular weight excluding hydrogens is 477 g/mol. The minimum Gasteiger partial charge on any atom is -0.487 e. The van der Waals surface area contributed by atoms with Crippen LogP contribution < -0.4 is 15.4 Å². The predicted octanol–water partition coefficient (Wildman–Crippen LogP) is 3.96. The number of benzene rings is 1. The normalized spacial score (nSPS) is 17.8. The molecule has 0 spiro atoms. The summed E-state index contributed by atoms with van der Waals surface area (Å²) in [5.74, 6) is 1.73. The van der Waals surface area contributed by atoms with Gasteiger partial charge in [0.1, 0.15) is 17.0 Å². The molecular formula is C22H28IN5O. The second kappa shape index (κ2) is 9.02. The fourth-order valence-electron chi connectivity index (χ4n) is 3.71. The summed E-state index contributed by atoms with van der Waals surface area (Å²) in [6.07, 6.45) is 5.80. The summed E-state index contributed by atoms with van der Waals surface area (Å²) in [6.45, 7) is 5.01. The second-order valence-electron chi connectivity index (χ2n) is 7.75. The molecule has 1 aliphatic heterocycles. The number of pyridine rings is 1. The number of halogens is 1. The molecule has 1 aromatic carbocycles. The van der Waals surface area contributed by atoms with Crippen molar-refractivity contribution in [3.63, 3.8) is 0 Å². The fraction of sp³-hybridized carbons (Fsp3) is 0.364. The number of ether oxygens (including phenoxy) is 1. The quantitative estimate of drug-likeness (QED) is 0.320. The van der Waals surface area contributed by atoms with Crippen LogP contribution in [-0.4, -0.2) is 34.5 Å². The van der Waals surface area contributed by atoms with Crippen LogP contribution in [0.3, 0.4) is 0 Å². The first-order chi connectivity index (χ1) is 13.5. The monoisotopic (exact) mass is 505 g/mol. The second-order valence-corrected chi connectivity index (χ2v) is 7.75. The van der Waals surface area contributed by atoms with Crippen molar-refractivity contribution in [1.29, 1.82) is 0 Å². The molecule has 29 heavy (non-hydrogen) atoms. The first-order valence-corrected chi connectivity index (χ1v) is 9.72. The van der Waals surface area contributed by atoms with Crippen LogP contribution in [0.4, 0.5) is 0 Å². The summed E-state index contributed by atoms with van der Waals surface area (Å²) in [6, 6.07) is 14.4. The Morgan fingerprint density at radius 3 is 2.83 bits per heavy atom. The molecule has 0 fully saturated rings. The number of guanidine groups is 1. The van der Waals surface area contributed by atoms with E-state index >= 15 is 0 Å². The first kappa shape index (κ1) is 21.4. The lowest BCUT2D eigenvalue weighted by molar-refractivity contribution is 0.0694. The Hall–Kier alpha value is -2.29. The molecule has 0 saturated carbocycles. The van der Waals surface area contributed by atoms with Gasteiger partial charge in [0.05, 0.1) is 11.7 Å². The summed E-state index contributed by atoms with van der Waals surface area (Å²) in [5, 5.41) is 6.98. The van der Waals surface area contributed by atoms with Gasteiger partial charge in [0, 0.05) is 44.4 Å². The lowest BCUT2D eigenvalue weighted by atomic mass is 9.90. The Kier molecular flexibility index (Phi) is 6.66. The minimum absolute atomic E-state index is 0. The highest BCUT2D eigenvalue weighted by atomic mass is 127. The third kappa shape index (κ3) is 5.01. The Morgan fingerprint density at radius 1 is 1.24 bits per heavy atom. The molecule has 3 heterocycles. The summed E-state index contributed by atoms with van der Waals surface area (Å²) in [7, 11) is 1.80. The van der Waals surface area contributed by atoms with Gasteiger partial charge in [0.2, 0.25) is 0 Å². The first-order valence-electron chi connectivity index (χ1n) is 9.72. The van der Waals surface area contributed by atoms with Crippen molar-refractivity contribution in [2.45, 2.75) is 38.3 Å². The number of aliphatic imine (C=N–C) groups is 1. The third-order valence-electron chi connectivity index (χ3n) is 5.00. The number of imidazole rings is 1. The van der Waals surface area contributed by atoms with Crippen LogP contribution in [0.1, 0.15) is 37.6 Å². The van der Waals surface area contributed by atoms with Crippen LogP contribution in [-0.2, 0) is 6.42 Å². The lowest BCUT2D eigenvalue weighted by Gasteiger charge is -2.38. The number of nitrogens with one attached hydrogen (secondary N) is 2. The minimum atomic E-state index is -0.221. The Labute approximate surface area is 188 Å². The van der Waals surface area contributed by atoms with E-state index < -0.39 is 0 Å². The number of para-hydroxylation sites is 1. The van der Waals surface area contributed by atoms with E-state index in [9.17, 15) is 0 Å². The molecule has 154 valence electrons.